The summed E-state index contributed by atoms with van der Waals surface area (Å²) in [6, 6.07) is 11.2. The van der Waals surface area contributed by atoms with Crippen molar-refractivity contribution in [1.29, 1.82) is 0 Å². The third kappa shape index (κ3) is 3.01. The van der Waals surface area contributed by atoms with Gasteiger partial charge in [-0.25, -0.2) is 13.0 Å². The van der Waals surface area contributed by atoms with Gasteiger partial charge in [0.05, 0.1) is 11.4 Å². The minimum atomic E-state index is -3.93. The zero-order valence-electron chi connectivity index (χ0n) is 15.8. The van der Waals surface area contributed by atoms with Crippen LogP contribution in [-0.2, 0) is 16.4 Å². The lowest BCUT2D eigenvalue weighted by atomic mass is 10.2. The molecule has 1 aromatic carbocycles. The zero-order valence-corrected chi connectivity index (χ0v) is 18.2. The zero-order chi connectivity index (χ0) is 20.9. The van der Waals surface area contributed by atoms with E-state index in [9.17, 15) is 13.2 Å². The van der Waals surface area contributed by atoms with Crippen LogP contribution < -0.4 is 15.9 Å². The van der Waals surface area contributed by atoms with Crippen molar-refractivity contribution < 1.29 is 13.0 Å². The van der Waals surface area contributed by atoms with Gasteiger partial charge in [0, 0.05) is 16.2 Å². The fourth-order valence-electron chi connectivity index (χ4n) is 3.36. The number of hydrogen-bond acceptors (Lipinski definition) is 5. The topological polar surface area (TPSA) is 98.4 Å². The van der Waals surface area contributed by atoms with Crippen LogP contribution in [0, 0.1) is 6.92 Å². The Bertz CT molecular complexity index is 1450. The highest BCUT2D eigenvalue weighted by Crippen LogP contribution is 2.27. The van der Waals surface area contributed by atoms with Gasteiger partial charge in [-0.15, -0.1) is 0 Å². The van der Waals surface area contributed by atoms with Crippen molar-refractivity contribution in [2.24, 2.45) is 0 Å². The summed E-state index contributed by atoms with van der Waals surface area (Å²) in [5.74, 6) is 0.0488. The number of nitrogens with zero attached hydrogens (tertiary/aromatic N) is 3. The predicted molar refractivity (Wildman–Crippen MR) is 114 cm³/mol. The predicted octanol–water partition coefficient (Wildman–Crippen LogP) is 2.64. The fraction of sp³-hybridized carbons (Fsp3) is 0.150. The number of benzene rings is 1. The van der Waals surface area contributed by atoms with E-state index in [1.165, 1.54) is 22.6 Å². The van der Waals surface area contributed by atoms with Gasteiger partial charge in [-0.05, 0) is 50.2 Å². The molecule has 0 amide bonds. The molecule has 0 aliphatic rings. The smallest absolute Gasteiger partial charge is 0.278 e. The second-order valence-corrected chi connectivity index (χ2v) is 9.47. The van der Waals surface area contributed by atoms with Crippen molar-refractivity contribution in [2.75, 3.05) is 5.73 Å². The summed E-state index contributed by atoms with van der Waals surface area (Å²) in [5, 5.41) is 0.194. The van der Waals surface area contributed by atoms with Crippen molar-refractivity contribution >= 4 is 48.3 Å². The number of aromatic nitrogens is 3. The Morgan fingerprint density at radius 1 is 1.21 bits per heavy atom. The van der Waals surface area contributed by atoms with Gasteiger partial charge in [0.25, 0.3) is 11.2 Å². The molecule has 0 bridgehead atoms. The van der Waals surface area contributed by atoms with E-state index in [4.69, 9.17) is 5.73 Å². The average molecular weight is 474 g/mol. The van der Waals surface area contributed by atoms with E-state index in [1.54, 1.807) is 29.0 Å². The van der Waals surface area contributed by atoms with E-state index < -0.39 is 9.84 Å². The second kappa shape index (κ2) is 6.93. The highest BCUT2D eigenvalue weighted by atomic mass is 79.9. The van der Waals surface area contributed by atoms with Crippen LogP contribution >= 0.6 is 15.9 Å². The first-order valence-electron chi connectivity index (χ1n) is 8.90. The summed E-state index contributed by atoms with van der Waals surface area (Å²) in [4.78, 5) is 17.8. The highest BCUT2D eigenvalue weighted by Gasteiger charge is 2.29. The molecule has 2 N–H and O–H groups in total. The van der Waals surface area contributed by atoms with Gasteiger partial charge in [0.2, 0.25) is 21.3 Å². The number of anilines is 1. The maximum Gasteiger partial charge on any atom is 0.278 e. The molecule has 0 saturated carbocycles. The lowest BCUT2D eigenvalue weighted by Crippen LogP contribution is -2.40. The molecule has 4 aromatic rings. The Balaban J connectivity index is 2.13. The van der Waals surface area contributed by atoms with Gasteiger partial charge in [-0.2, -0.15) is 0 Å². The fourth-order valence-corrected chi connectivity index (χ4v) is 5.03. The Morgan fingerprint density at radius 3 is 2.55 bits per heavy atom. The quantitative estimate of drug-likeness (QED) is 0.364. The van der Waals surface area contributed by atoms with Crippen molar-refractivity contribution in [3.63, 3.8) is 0 Å². The molecule has 29 heavy (non-hydrogen) atoms. The van der Waals surface area contributed by atoms with Crippen LogP contribution in [0.2, 0.25) is 0 Å². The lowest BCUT2D eigenvalue weighted by Gasteiger charge is -2.12. The van der Waals surface area contributed by atoms with Crippen LogP contribution in [0.3, 0.4) is 0 Å². The molecule has 0 aliphatic carbocycles. The van der Waals surface area contributed by atoms with Crippen LogP contribution in [0.1, 0.15) is 12.5 Å². The van der Waals surface area contributed by atoms with Gasteiger partial charge >= 0.3 is 0 Å². The second-order valence-electron chi connectivity index (χ2n) is 6.63. The first-order valence-corrected chi connectivity index (χ1v) is 11.2. The van der Waals surface area contributed by atoms with Crippen molar-refractivity contribution in [1.82, 2.24) is 9.38 Å². The third-order valence-electron chi connectivity index (χ3n) is 4.87. The van der Waals surface area contributed by atoms with Gasteiger partial charge in [-0.3, -0.25) is 9.20 Å². The number of nitrogen functional groups attached to an aromatic ring is 1. The van der Waals surface area contributed by atoms with Crippen LogP contribution in [0.15, 0.2) is 67.7 Å². The minimum Gasteiger partial charge on any atom is -0.317 e. The molecule has 0 unspecified atom stereocenters. The molecular formula is C20H18BrN4O3S+. The monoisotopic (exact) mass is 473 g/mol. The maximum atomic E-state index is 13.3. The Morgan fingerprint density at radius 2 is 1.90 bits per heavy atom. The highest BCUT2D eigenvalue weighted by molar-refractivity contribution is 9.10. The first kappa shape index (κ1) is 19.5. The molecule has 0 atom stereocenters. The van der Waals surface area contributed by atoms with E-state index >= 15 is 0 Å². The Kier molecular flexibility index (Phi) is 4.66. The molecule has 0 radical (unpaired) electrons. The molecule has 0 aliphatic heterocycles. The van der Waals surface area contributed by atoms with Gasteiger partial charge in [-0.1, -0.05) is 27.0 Å². The van der Waals surface area contributed by atoms with Crippen LogP contribution in [0.4, 0.5) is 5.82 Å². The molecule has 9 heteroatoms. The normalized spacial score (nSPS) is 12.0. The van der Waals surface area contributed by atoms with Crippen LogP contribution in [0.5, 0.6) is 0 Å². The average Bonchev–Trinajstić information content (AvgIpc) is 2.69. The summed E-state index contributed by atoms with van der Waals surface area (Å²) >= 11 is 3.30. The SMILES string of the molecule is CC[n+]1c(N)c(S(=O)(=O)c2ccc(Br)cc2)cc2c(=O)n3cccc(C)c3nc21. The number of halogens is 1. The minimum absolute atomic E-state index is 0.0488. The molecule has 0 saturated heterocycles. The van der Waals surface area contributed by atoms with E-state index in [2.05, 4.69) is 20.9 Å². The Hall–Kier alpha value is -2.78. The van der Waals surface area contributed by atoms with Gasteiger partial charge in [0.1, 0.15) is 10.3 Å². The number of hydrogen-bond donors (Lipinski definition) is 1. The number of nitrogens with two attached hydrogens (primary N) is 1. The third-order valence-corrected chi connectivity index (χ3v) is 7.20. The van der Waals surface area contributed by atoms with E-state index in [0.29, 0.717) is 17.8 Å². The molecule has 4 rings (SSSR count). The molecular weight excluding hydrogens is 456 g/mol. The molecule has 0 spiro atoms. The summed E-state index contributed by atoms with van der Waals surface area (Å²) in [7, 11) is -3.93. The van der Waals surface area contributed by atoms with Crippen molar-refractivity contribution in [3.05, 3.63) is 69.1 Å². The molecule has 7 nitrogen and oxygen atoms in total. The lowest BCUT2D eigenvalue weighted by molar-refractivity contribution is -0.656. The molecule has 148 valence electrons. The number of sulfone groups is 1. The maximum absolute atomic E-state index is 13.3. The summed E-state index contributed by atoms with van der Waals surface area (Å²) in [6.45, 7) is 4.05. The first-order chi connectivity index (χ1) is 13.8. The van der Waals surface area contributed by atoms with Crippen LogP contribution in [-0.4, -0.2) is 17.8 Å². The molecule has 0 fully saturated rings. The van der Waals surface area contributed by atoms with Crippen LogP contribution in [0.25, 0.3) is 16.7 Å². The molecule has 3 heterocycles. The number of aryl methyl sites for hydroxylation is 2. The summed E-state index contributed by atoms with van der Waals surface area (Å²) in [5.41, 5.74) is 7.63. The standard InChI is InChI=1S/C20H17BrN4O3S/c1-3-24-17(22)16(29(27,28)14-8-6-13(21)7-9-14)11-15-19(24)23-18-12(2)5-4-10-25(18)20(15)26/h4-11,22H,3H2,1-2H3/p+1. The van der Waals surface area contributed by atoms with Crippen molar-refractivity contribution in [3.8, 4) is 0 Å². The van der Waals surface area contributed by atoms with Crippen molar-refractivity contribution in [2.45, 2.75) is 30.2 Å². The van der Waals surface area contributed by atoms with E-state index in [-0.39, 0.29) is 26.6 Å². The summed E-state index contributed by atoms with van der Waals surface area (Å²) < 4.78 is 30.3. The largest absolute Gasteiger partial charge is 0.317 e. The number of fused-ring (bicyclic) bond motifs is 2. The number of pyridine rings is 2. The molecule has 3 aromatic heterocycles. The Labute approximate surface area is 175 Å². The van der Waals surface area contributed by atoms with E-state index in [0.717, 1.165) is 10.0 Å². The van der Waals surface area contributed by atoms with E-state index in [1.807, 2.05) is 19.9 Å². The van der Waals surface area contributed by atoms with Gasteiger partial charge in [0.15, 0.2) is 0 Å². The summed E-state index contributed by atoms with van der Waals surface area (Å²) in [6.07, 6.45) is 1.62. The number of rotatable bonds is 3. The van der Waals surface area contributed by atoms with Gasteiger partial charge < -0.3 is 5.73 Å².